The fourth-order valence-corrected chi connectivity index (χ4v) is 3.77. The quantitative estimate of drug-likeness (QED) is 0.770. The van der Waals surface area contributed by atoms with Gasteiger partial charge in [-0.05, 0) is 23.1 Å². The molecule has 90 valence electrons. The summed E-state index contributed by atoms with van der Waals surface area (Å²) in [6.45, 7) is 0.575. The first-order valence-corrected chi connectivity index (χ1v) is 7.32. The van der Waals surface area contributed by atoms with Crippen LogP contribution in [-0.4, -0.2) is 5.91 Å². The zero-order valence-corrected chi connectivity index (χ0v) is 11.2. The van der Waals surface area contributed by atoms with Crippen molar-refractivity contribution in [3.8, 4) is 0 Å². The van der Waals surface area contributed by atoms with E-state index in [1.54, 1.807) is 22.7 Å². The van der Waals surface area contributed by atoms with Crippen molar-refractivity contribution in [2.45, 2.75) is 6.54 Å². The standard InChI is InChI=1S/C14H11NOS2/c16-13(15-9-10-4-2-1-3-5-10)12-8-11-6-7-17-14(11)18-12/h1-8H,9H2,(H,15,16). The van der Waals surface area contributed by atoms with Crippen LogP contribution in [0, 0.1) is 0 Å². The molecule has 0 spiro atoms. The number of carbonyl (C=O) groups excluding carboxylic acids is 1. The lowest BCUT2D eigenvalue weighted by Crippen LogP contribution is -2.21. The van der Waals surface area contributed by atoms with E-state index in [0.717, 1.165) is 15.8 Å². The number of thiophene rings is 2. The molecule has 0 aliphatic rings. The summed E-state index contributed by atoms with van der Waals surface area (Å²) in [6.07, 6.45) is 0. The average molecular weight is 273 g/mol. The van der Waals surface area contributed by atoms with E-state index < -0.39 is 0 Å². The number of rotatable bonds is 3. The van der Waals surface area contributed by atoms with E-state index in [4.69, 9.17) is 0 Å². The molecule has 0 unspecified atom stereocenters. The van der Waals surface area contributed by atoms with Crippen LogP contribution in [0.2, 0.25) is 0 Å². The normalized spacial score (nSPS) is 10.7. The maximum absolute atomic E-state index is 12.0. The molecule has 0 atom stereocenters. The van der Waals surface area contributed by atoms with Crippen LogP contribution >= 0.6 is 22.7 Å². The van der Waals surface area contributed by atoms with Gasteiger partial charge in [0.15, 0.2) is 0 Å². The van der Waals surface area contributed by atoms with E-state index in [1.807, 2.05) is 47.8 Å². The lowest BCUT2D eigenvalue weighted by Gasteiger charge is -2.02. The van der Waals surface area contributed by atoms with Crippen molar-refractivity contribution in [1.82, 2.24) is 5.32 Å². The van der Waals surface area contributed by atoms with Gasteiger partial charge < -0.3 is 5.32 Å². The van der Waals surface area contributed by atoms with Crippen molar-refractivity contribution < 1.29 is 4.79 Å². The van der Waals surface area contributed by atoms with Gasteiger partial charge >= 0.3 is 0 Å². The molecule has 0 saturated carbocycles. The van der Waals surface area contributed by atoms with E-state index in [9.17, 15) is 4.79 Å². The van der Waals surface area contributed by atoms with Crippen molar-refractivity contribution in [2.24, 2.45) is 0 Å². The van der Waals surface area contributed by atoms with Crippen LogP contribution in [0.15, 0.2) is 47.8 Å². The molecule has 0 aliphatic carbocycles. The van der Waals surface area contributed by atoms with Crippen LogP contribution in [0.4, 0.5) is 0 Å². The Morgan fingerprint density at radius 2 is 2.00 bits per heavy atom. The van der Waals surface area contributed by atoms with Gasteiger partial charge in [-0.25, -0.2) is 0 Å². The highest BCUT2D eigenvalue weighted by atomic mass is 32.2. The first-order chi connectivity index (χ1) is 8.83. The fourth-order valence-electron chi connectivity index (χ4n) is 1.74. The monoisotopic (exact) mass is 273 g/mol. The predicted octanol–water partition coefficient (Wildman–Crippen LogP) is 3.89. The number of amides is 1. The van der Waals surface area contributed by atoms with Crippen molar-refractivity contribution in [1.29, 1.82) is 0 Å². The zero-order valence-electron chi connectivity index (χ0n) is 9.55. The van der Waals surface area contributed by atoms with Crippen LogP contribution in [0.25, 0.3) is 9.40 Å². The molecule has 0 bridgehead atoms. The first kappa shape index (κ1) is 11.4. The summed E-state index contributed by atoms with van der Waals surface area (Å²) in [5, 5.41) is 6.15. The van der Waals surface area contributed by atoms with Gasteiger partial charge in [0.05, 0.1) is 8.89 Å². The lowest BCUT2D eigenvalue weighted by atomic mass is 10.2. The molecule has 1 aromatic carbocycles. The highest BCUT2D eigenvalue weighted by Gasteiger charge is 2.10. The Balaban J connectivity index is 1.70. The van der Waals surface area contributed by atoms with E-state index >= 15 is 0 Å². The van der Waals surface area contributed by atoms with Gasteiger partial charge in [0.25, 0.3) is 5.91 Å². The van der Waals surface area contributed by atoms with Crippen molar-refractivity contribution >= 4 is 38.0 Å². The smallest absolute Gasteiger partial charge is 0.261 e. The predicted molar refractivity (Wildman–Crippen MR) is 77.3 cm³/mol. The summed E-state index contributed by atoms with van der Waals surface area (Å²) in [6, 6.07) is 13.9. The van der Waals surface area contributed by atoms with Crippen LogP contribution in [0.1, 0.15) is 15.2 Å². The Morgan fingerprint density at radius 1 is 1.17 bits per heavy atom. The Labute approximate surface area is 113 Å². The van der Waals surface area contributed by atoms with E-state index in [-0.39, 0.29) is 5.91 Å². The third kappa shape index (κ3) is 2.30. The summed E-state index contributed by atoms with van der Waals surface area (Å²) in [5.41, 5.74) is 1.12. The highest BCUT2D eigenvalue weighted by molar-refractivity contribution is 7.38. The third-order valence-corrected chi connectivity index (χ3v) is 4.87. The number of carbonyl (C=O) groups is 1. The first-order valence-electron chi connectivity index (χ1n) is 5.62. The van der Waals surface area contributed by atoms with Crippen molar-refractivity contribution in [3.05, 3.63) is 58.3 Å². The number of benzene rings is 1. The second-order valence-corrected chi connectivity index (χ2v) is 6.17. The maximum Gasteiger partial charge on any atom is 0.261 e. The van der Waals surface area contributed by atoms with Gasteiger partial charge in [0.2, 0.25) is 0 Å². The van der Waals surface area contributed by atoms with E-state index in [1.165, 1.54) is 4.01 Å². The maximum atomic E-state index is 12.0. The molecule has 3 rings (SSSR count). The largest absolute Gasteiger partial charge is 0.347 e. The molecule has 2 nitrogen and oxygen atoms in total. The second-order valence-electron chi connectivity index (χ2n) is 3.94. The SMILES string of the molecule is O=C(NCc1ccccc1)c1cc2ccsc2s1. The van der Waals surface area contributed by atoms with E-state index in [2.05, 4.69) is 5.32 Å². The van der Waals surface area contributed by atoms with Crippen LogP contribution in [0.5, 0.6) is 0 Å². The minimum absolute atomic E-state index is 0.00672. The Morgan fingerprint density at radius 3 is 2.78 bits per heavy atom. The molecule has 18 heavy (non-hydrogen) atoms. The Hall–Kier alpha value is -1.65. The molecule has 0 aliphatic heterocycles. The number of hydrogen-bond acceptors (Lipinski definition) is 3. The minimum atomic E-state index is 0.00672. The van der Waals surface area contributed by atoms with Gasteiger partial charge in [-0.1, -0.05) is 30.3 Å². The summed E-state index contributed by atoms with van der Waals surface area (Å²) in [4.78, 5) is 12.8. The number of hydrogen-bond donors (Lipinski definition) is 1. The molecule has 1 N–H and O–H groups in total. The summed E-state index contributed by atoms with van der Waals surface area (Å²) >= 11 is 3.23. The Kier molecular flexibility index (Phi) is 3.13. The van der Waals surface area contributed by atoms with Crippen LogP contribution in [0.3, 0.4) is 0 Å². The topological polar surface area (TPSA) is 29.1 Å². The molecule has 2 aromatic heterocycles. The second kappa shape index (κ2) is 4.92. The van der Waals surface area contributed by atoms with Crippen LogP contribution in [-0.2, 0) is 6.54 Å². The van der Waals surface area contributed by atoms with Crippen LogP contribution < -0.4 is 5.32 Å². The molecule has 2 heterocycles. The summed E-state index contributed by atoms with van der Waals surface area (Å²) in [7, 11) is 0. The van der Waals surface area contributed by atoms with Crippen molar-refractivity contribution in [2.75, 3.05) is 0 Å². The highest BCUT2D eigenvalue weighted by Crippen LogP contribution is 2.30. The molecule has 1 amide bonds. The van der Waals surface area contributed by atoms with Gasteiger partial charge in [-0.2, -0.15) is 0 Å². The number of fused-ring (bicyclic) bond motifs is 1. The van der Waals surface area contributed by atoms with Gasteiger partial charge in [0, 0.05) is 11.9 Å². The molecule has 4 heteroatoms. The Bertz CT molecular complexity index is 641. The average Bonchev–Trinajstić information content (AvgIpc) is 2.98. The van der Waals surface area contributed by atoms with Crippen molar-refractivity contribution in [3.63, 3.8) is 0 Å². The summed E-state index contributed by atoms with van der Waals surface area (Å²) < 4.78 is 1.21. The van der Waals surface area contributed by atoms with E-state index in [0.29, 0.717) is 6.54 Å². The molecular weight excluding hydrogens is 262 g/mol. The fraction of sp³-hybridized carbons (Fsp3) is 0.0714. The molecule has 0 radical (unpaired) electrons. The molecule has 0 saturated heterocycles. The lowest BCUT2D eigenvalue weighted by molar-refractivity contribution is 0.0955. The molecule has 0 fully saturated rings. The van der Waals surface area contributed by atoms with Gasteiger partial charge in [0.1, 0.15) is 0 Å². The zero-order chi connectivity index (χ0) is 12.4. The van der Waals surface area contributed by atoms with Gasteiger partial charge in [-0.15, -0.1) is 22.7 Å². The van der Waals surface area contributed by atoms with Gasteiger partial charge in [-0.3, -0.25) is 4.79 Å². The minimum Gasteiger partial charge on any atom is -0.347 e. The molecular formula is C14H11NOS2. The third-order valence-electron chi connectivity index (χ3n) is 2.67. The summed E-state index contributed by atoms with van der Waals surface area (Å²) in [5.74, 6) is 0.00672. The molecule has 3 aromatic rings. The number of nitrogens with one attached hydrogen (secondary N) is 1.